The van der Waals surface area contributed by atoms with Crippen LogP contribution in [0.25, 0.3) is 0 Å². The van der Waals surface area contributed by atoms with Crippen LogP contribution in [-0.2, 0) is 16.1 Å². The van der Waals surface area contributed by atoms with Gasteiger partial charge < -0.3 is 19.6 Å². The van der Waals surface area contributed by atoms with E-state index in [1.54, 1.807) is 31.2 Å². The van der Waals surface area contributed by atoms with E-state index in [1.165, 1.54) is 6.26 Å². The van der Waals surface area contributed by atoms with Crippen molar-refractivity contribution in [2.45, 2.75) is 26.5 Å². The van der Waals surface area contributed by atoms with Crippen molar-refractivity contribution in [1.29, 1.82) is 0 Å². The lowest BCUT2D eigenvalue weighted by atomic mass is 10.1. The van der Waals surface area contributed by atoms with Gasteiger partial charge in [-0.2, -0.15) is 0 Å². The maximum atomic E-state index is 12.2. The molecular weight excluding hydrogens is 306 g/mol. The van der Waals surface area contributed by atoms with Crippen LogP contribution in [0.15, 0.2) is 34.9 Å². The number of nitrogens with one attached hydrogen (secondary N) is 1. The van der Waals surface area contributed by atoms with Gasteiger partial charge in [0.05, 0.1) is 19.5 Å². The van der Waals surface area contributed by atoms with Crippen LogP contribution >= 0.6 is 11.6 Å². The van der Waals surface area contributed by atoms with Gasteiger partial charge in [0.2, 0.25) is 0 Å². The van der Waals surface area contributed by atoms with Crippen molar-refractivity contribution in [2.75, 3.05) is 11.9 Å². The number of ether oxygens (including phenoxy) is 1. The fraction of sp³-hybridized carbons (Fsp3) is 0.312. The number of anilines is 1. The van der Waals surface area contributed by atoms with E-state index >= 15 is 0 Å². The van der Waals surface area contributed by atoms with Crippen LogP contribution in [0, 0.1) is 6.92 Å². The molecule has 1 unspecified atom stereocenters. The SMILES string of the molecule is CCOC(=O)C(Nc1ccc(Cl)cc1C)c1cc(CO)co1. The molecule has 0 aliphatic heterocycles. The van der Waals surface area contributed by atoms with Crippen molar-refractivity contribution < 1.29 is 19.1 Å². The number of rotatable bonds is 6. The first-order chi connectivity index (χ1) is 10.5. The Labute approximate surface area is 133 Å². The molecule has 6 heteroatoms. The Morgan fingerprint density at radius 1 is 1.45 bits per heavy atom. The standard InChI is InChI=1S/C16H18ClNO4/c1-3-21-16(20)15(14-7-11(8-19)9-22-14)18-13-5-4-12(17)6-10(13)2/h4-7,9,15,18-19H,3,8H2,1-2H3. The van der Waals surface area contributed by atoms with Crippen molar-refractivity contribution in [3.8, 4) is 0 Å². The predicted molar refractivity (Wildman–Crippen MR) is 83.8 cm³/mol. The van der Waals surface area contributed by atoms with E-state index in [-0.39, 0.29) is 13.2 Å². The number of benzene rings is 1. The molecule has 0 aliphatic carbocycles. The molecule has 118 valence electrons. The minimum Gasteiger partial charge on any atom is -0.466 e. The molecule has 5 nitrogen and oxygen atoms in total. The van der Waals surface area contributed by atoms with E-state index in [1.807, 2.05) is 6.92 Å². The number of esters is 1. The molecule has 0 saturated heterocycles. The third-order valence-corrected chi connectivity index (χ3v) is 3.39. The number of furan rings is 1. The molecule has 0 fully saturated rings. The average molecular weight is 324 g/mol. The number of aryl methyl sites for hydroxylation is 1. The van der Waals surface area contributed by atoms with Crippen LogP contribution in [0.3, 0.4) is 0 Å². The lowest BCUT2D eigenvalue weighted by Gasteiger charge is -2.18. The van der Waals surface area contributed by atoms with Crippen LogP contribution in [0.2, 0.25) is 5.02 Å². The highest BCUT2D eigenvalue weighted by Crippen LogP contribution is 2.27. The molecule has 1 aromatic carbocycles. The Morgan fingerprint density at radius 2 is 2.23 bits per heavy atom. The van der Waals surface area contributed by atoms with E-state index in [0.717, 1.165) is 11.3 Å². The number of hydrogen-bond donors (Lipinski definition) is 2. The first-order valence-electron chi connectivity index (χ1n) is 6.92. The molecule has 2 aromatic rings. The molecule has 0 saturated carbocycles. The van der Waals surface area contributed by atoms with Crippen LogP contribution in [0.5, 0.6) is 0 Å². The normalized spacial score (nSPS) is 12.0. The Hall–Kier alpha value is -1.98. The maximum Gasteiger partial charge on any atom is 0.336 e. The quantitative estimate of drug-likeness (QED) is 0.797. The van der Waals surface area contributed by atoms with Crippen LogP contribution < -0.4 is 5.32 Å². The summed E-state index contributed by atoms with van der Waals surface area (Å²) in [5.74, 6) is -0.0625. The smallest absolute Gasteiger partial charge is 0.336 e. The minimum absolute atomic E-state index is 0.154. The third-order valence-electron chi connectivity index (χ3n) is 3.15. The van der Waals surface area contributed by atoms with Crippen molar-refractivity contribution in [1.82, 2.24) is 0 Å². The highest BCUT2D eigenvalue weighted by molar-refractivity contribution is 6.30. The highest BCUT2D eigenvalue weighted by Gasteiger charge is 2.26. The molecule has 1 heterocycles. The lowest BCUT2D eigenvalue weighted by molar-refractivity contribution is -0.144. The van der Waals surface area contributed by atoms with E-state index in [9.17, 15) is 4.79 Å². The summed E-state index contributed by atoms with van der Waals surface area (Å²) in [5, 5.41) is 12.9. The molecule has 2 N–H and O–H groups in total. The number of hydrogen-bond acceptors (Lipinski definition) is 5. The summed E-state index contributed by atoms with van der Waals surface area (Å²) in [6.07, 6.45) is 1.41. The number of halogens is 1. The van der Waals surface area contributed by atoms with Crippen LogP contribution in [0.1, 0.15) is 29.9 Å². The third kappa shape index (κ3) is 3.81. The Kier molecular flexibility index (Phi) is 5.46. The summed E-state index contributed by atoms with van der Waals surface area (Å²) in [7, 11) is 0. The van der Waals surface area contributed by atoms with Gasteiger partial charge in [-0.25, -0.2) is 4.79 Å². The summed E-state index contributed by atoms with van der Waals surface area (Å²) >= 11 is 5.94. The molecule has 1 aromatic heterocycles. The van der Waals surface area contributed by atoms with Crippen LogP contribution in [-0.4, -0.2) is 17.7 Å². The first-order valence-corrected chi connectivity index (χ1v) is 7.30. The molecule has 2 rings (SSSR count). The maximum absolute atomic E-state index is 12.2. The number of carbonyl (C=O) groups is 1. The van der Waals surface area contributed by atoms with Gasteiger partial charge in [-0.3, -0.25) is 0 Å². The highest BCUT2D eigenvalue weighted by atomic mass is 35.5. The molecule has 0 bridgehead atoms. The number of aliphatic hydroxyl groups excluding tert-OH is 1. The minimum atomic E-state index is -0.792. The first kappa shape index (κ1) is 16.4. The zero-order chi connectivity index (χ0) is 16.1. The second kappa shape index (κ2) is 7.33. The van der Waals surface area contributed by atoms with Crippen LogP contribution in [0.4, 0.5) is 5.69 Å². The molecule has 0 radical (unpaired) electrons. The second-order valence-corrected chi connectivity index (χ2v) is 5.24. The van der Waals surface area contributed by atoms with E-state index in [0.29, 0.717) is 16.3 Å². The molecule has 1 atom stereocenters. The van der Waals surface area contributed by atoms with Gasteiger partial charge in [-0.05, 0) is 43.7 Å². The van der Waals surface area contributed by atoms with Crippen molar-refractivity contribution in [3.63, 3.8) is 0 Å². The summed E-state index contributed by atoms with van der Waals surface area (Å²) in [5.41, 5.74) is 2.25. The van der Waals surface area contributed by atoms with Gasteiger partial charge in [-0.1, -0.05) is 11.6 Å². The molecule has 22 heavy (non-hydrogen) atoms. The summed E-state index contributed by atoms with van der Waals surface area (Å²) in [6.45, 7) is 3.74. The lowest BCUT2D eigenvalue weighted by Crippen LogP contribution is -2.23. The fourth-order valence-corrected chi connectivity index (χ4v) is 2.27. The zero-order valence-corrected chi connectivity index (χ0v) is 13.2. The summed E-state index contributed by atoms with van der Waals surface area (Å²) in [6, 6.07) is 6.16. The molecule has 0 amide bonds. The summed E-state index contributed by atoms with van der Waals surface area (Å²) in [4.78, 5) is 12.2. The van der Waals surface area contributed by atoms with Gasteiger partial charge in [0.1, 0.15) is 5.76 Å². The Morgan fingerprint density at radius 3 is 2.82 bits per heavy atom. The van der Waals surface area contributed by atoms with Gasteiger partial charge in [-0.15, -0.1) is 0 Å². The van der Waals surface area contributed by atoms with Gasteiger partial charge in [0.15, 0.2) is 6.04 Å². The van der Waals surface area contributed by atoms with E-state index in [2.05, 4.69) is 5.32 Å². The second-order valence-electron chi connectivity index (χ2n) is 4.80. The molecule has 0 aliphatic rings. The van der Waals surface area contributed by atoms with Gasteiger partial charge in [0.25, 0.3) is 0 Å². The van der Waals surface area contributed by atoms with Crippen molar-refractivity contribution >= 4 is 23.3 Å². The topological polar surface area (TPSA) is 71.7 Å². The Bertz CT molecular complexity index is 653. The Balaban J connectivity index is 2.29. The van der Waals surface area contributed by atoms with E-state index in [4.69, 9.17) is 25.9 Å². The van der Waals surface area contributed by atoms with Crippen molar-refractivity contribution in [3.05, 3.63) is 52.4 Å². The fourth-order valence-electron chi connectivity index (χ4n) is 2.05. The van der Waals surface area contributed by atoms with Gasteiger partial charge >= 0.3 is 5.97 Å². The monoisotopic (exact) mass is 323 g/mol. The van der Waals surface area contributed by atoms with Gasteiger partial charge in [0, 0.05) is 16.3 Å². The van der Waals surface area contributed by atoms with E-state index < -0.39 is 12.0 Å². The number of aliphatic hydroxyl groups is 1. The number of carbonyl (C=O) groups excluding carboxylic acids is 1. The molecule has 0 spiro atoms. The average Bonchev–Trinajstić information content (AvgIpc) is 2.95. The summed E-state index contributed by atoms with van der Waals surface area (Å²) < 4.78 is 10.5. The van der Waals surface area contributed by atoms with Crippen molar-refractivity contribution in [2.24, 2.45) is 0 Å². The zero-order valence-electron chi connectivity index (χ0n) is 12.4. The predicted octanol–water partition coefficient (Wildman–Crippen LogP) is 3.45. The molecular formula is C16H18ClNO4. The largest absolute Gasteiger partial charge is 0.466 e.